The van der Waals surface area contributed by atoms with Gasteiger partial charge >= 0.3 is 0 Å². The second kappa shape index (κ2) is 11.2. The van der Waals surface area contributed by atoms with Gasteiger partial charge in [0.2, 0.25) is 5.91 Å². The van der Waals surface area contributed by atoms with E-state index in [0.29, 0.717) is 26.2 Å². The van der Waals surface area contributed by atoms with Crippen LogP contribution in [0.3, 0.4) is 0 Å². The maximum absolute atomic E-state index is 12.8. The van der Waals surface area contributed by atoms with E-state index in [1.807, 2.05) is 89.8 Å². The normalized spacial score (nSPS) is 17.8. The number of benzene rings is 3. The van der Waals surface area contributed by atoms with Gasteiger partial charge in [-0.3, -0.25) is 9.59 Å². The summed E-state index contributed by atoms with van der Waals surface area (Å²) >= 11 is 1.24. The molecule has 1 aliphatic heterocycles. The standard InChI is InChI=1S/C27H27NO4S/c1-20(29)33-26-16-27(30)28(25(26)19-31-18-22-8-4-2-5-9-22)17-21-12-14-24(15-13-21)32-23-10-6-3-7-11-23/h2-15,25-26H,16-19H2,1H3/t25-,26+/m1/s1. The number of hydrogen-bond donors (Lipinski definition) is 0. The first-order chi connectivity index (χ1) is 16.1. The Morgan fingerprint density at radius 1 is 0.909 bits per heavy atom. The molecule has 4 rings (SSSR count). The Bertz CT molecular complexity index is 1060. The fourth-order valence-electron chi connectivity index (χ4n) is 3.90. The third kappa shape index (κ3) is 6.46. The van der Waals surface area contributed by atoms with Gasteiger partial charge in [0.1, 0.15) is 11.5 Å². The molecule has 3 aromatic rings. The highest BCUT2D eigenvalue weighted by Gasteiger charge is 2.40. The minimum atomic E-state index is -0.157. The zero-order valence-corrected chi connectivity index (χ0v) is 19.4. The Hall–Kier alpha value is -3.09. The van der Waals surface area contributed by atoms with Crippen molar-refractivity contribution in [2.45, 2.75) is 37.8 Å². The molecule has 33 heavy (non-hydrogen) atoms. The third-order valence-corrected chi connectivity index (χ3v) is 6.61. The molecule has 3 aromatic carbocycles. The second-order valence-electron chi connectivity index (χ2n) is 8.00. The number of ether oxygens (including phenoxy) is 2. The van der Waals surface area contributed by atoms with Crippen LogP contribution in [0, 0.1) is 0 Å². The monoisotopic (exact) mass is 461 g/mol. The Labute approximate surface area is 198 Å². The Morgan fingerprint density at radius 2 is 1.55 bits per heavy atom. The first-order valence-corrected chi connectivity index (χ1v) is 11.9. The van der Waals surface area contributed by atoms with Crippen LogP contribution in [0.15, 0.2) is 84.9 Å². The molecule has 1 aliphatic rings. The van der Waals surface area contributed by atoms with Gasteiger partial charge in [0.15, 0.2) is 5.12 Å². The second-order valence-corrected chi connectivity index (χ2v) is 9.42. The molecule has 0 unspecified atom stereocenters. The molecule has 2 atom stereocenters. The molecule has 1 fully saturated rings. The molecular weight excluding hydrogens is 434 g/mol. The van der Waals surface area contributed by atoms with Gasteiger partial charge in [-0.2, -0.15) is 0 Å². The van der Waals surface area contributed by atoms with Crippen LogP contribution in [0.2, 0.25) is 0 Å². The summed E-state index contributed by atoms with van der Waals surface area (Å²) in [7, 11) is 0. The summed E-state index contributed by atoms with van der Waals surface area (Å²) in [6, 6.07) is 27.2. The molecule has 0 saturated carbocycles. The fourth-order valence-corrected chi connectivity index (χ4v) is 4.94. The maximum atomic E-state index is 12.8. The summed E-state index contributed by atoms with van der Waals surface area (Å²) in [6.45, 7) is 2.88. The molecule has 170 valence electrons. The molecule has 0 aliphatic carbocycles. The first kappa shape index (κ1) is 23.1. The number of hydrogen-bond acceptors (Lipinski definition) is 5. The lowest BCUT2D eigenvalue weighted by atomic mass is 10.1. The molecule has 0 N–H and O–H groups in total. The molecule has 0 radical (unpaired) electrons. The maximum Gasteiger partial charge on any atom is 0.224 e. The zero-order valence-electron chi connectivity index (χ0n) is 18.6. The van der Waals surface area contributed by atoms with Crippen molar-refractivity contribution < 1.29 is 19.1 Å². The van der Waals surface area contributed by atoms with E-state index in [1.54, 1.807) is 6.92 Å². The molecule has 1 amide bonds. The van der Waals surface area contributed by atoms with Crippen molar-refractivity contribution >= 4 is 22.8 Å². The largest absolute Gasteiger partial charge is 0.457 e. The fraction of sp³-hybridized carbons (Fsp3) is 0.259. The van der Waals surface area contributed by atoms with Crippen LogP contribution in [0.25, 0.3) is 0 Å². The summed E-state index contributed by atoms with van der Waals surface area (Å²) in [5.74, 6) is 1.57. The summed E-state index contributed by atoms with van der Waals surface area (Å²) in [5.41, 5.74) is 2.09. The van der Waals surface area contributed by atoms with Crippen LogP contribution < -0.4 is 4.74 Å². The summed E-state index contributed by atoms with van der Waals surface area (Å²) in [4.78, 5) is 26.5. The zero-order chi connectivity index (χ0) is 23.0. The van der Waals surface area contributed by atoms with Crippen molar-refractivity contribution in [3.05, 3.63) is 96.1 Å². The molecule has 0 aromatic heterocycles. The van der Waals surface area contributed by atoms with Crippen molar-refractivity contribution in [2.24, 2.45) is 0 Å². The predicted octanol–water partition coefficient (Wildman–Crippen LogP) is 5.44. The van der Waals surface area contributed by atoms with E-state index in [0.717, 1.165) is 22.6 Å². The number of para-hydroxylation sites is 1. The molecule has 5 nitrogen and oxygen atoms in total. The van der Waals surface area contributed by atoms with Crippen molar-refractivity contribution in [2.75, 3.05) is 6.61 Å². The van der Waals surface area contributed by atoms with Gasteiger partial charge < -0.3 is 14.4 Å². The number of likely N-dealkylation sites (tertiary alicyclic amines) is 1. The SMILES string of the molecule is CC(=O)S[C@H]1CC(=O)N(Cc2ccc(Oc3ccccc3)cc2)[C@@H]1COCc1ccccc1. The number of rotatable bonds is 9. The van der Waals surface area contributed by atoms with Crippen LogP contribution in [0.4, 0.5) is 0 Å². The number of amides is 1. The molecule has 1 heterocycles. The highest BCUT2D eigenvalue weighted by molar-refractivity contribution is 8.14. The first-order valence-electron chi connectivity index (χ1n) is 11.0. The van der Waals surface area contributed by atoms with E-state index in [2.05, 4.69) is 0 Å². The van der Waals surface area contributed by atoms with E-state index in [-0.39, 0.29) is 22.3 Å². The van der Waals surface area contributed by atoms with Crippen LogP contribution in [-0.4, -0.2) is 33.8 Å². The average molecular weight is 462 g/mol. The molecule has 0 bridgehead atoms. The van der Waals surface area contributed by atoms with Crippen LogP contribution in [-0.2, 0) is 27.5 Å². The highest BCUT2D eigenvalue weighted by atomic mass is 32.2. The molecular formula is C27H27NO4S. The predicted molar refractivity (Wildman–Crippen MR) is 130 cm³/mol. The van der Waals surface area contributed by atoms with Gasteiger partial charge in [0.05, 0.1) is 19.3 Å². The minimum Gasteiger partial charge on any atom is -0.457 e. The number of carbonyl (C=O) groups excluding carboxylic acids is 2. The van der Waals surface area contributed by atoms with Gasteiger partial charge in [-0.1, -0.05) is 72.4 Å². The lowest BCUT2D eigenvalue weighted by Crippen LogP contribution is -2.39. The van der Waals surface area contributed by atoms with Crippen molar-refractivity contribution in [1.29, 1.82) is 0 Å². The Balaban J connectivity index is 1.41. The summed E-state index contributed by atoms with van der Waals surface area (Å²) < 4.78 is 11.8. The van der Waals surface area contributed by atoms with Gasteiger partial charge in [-0.25, -0.2) is 0 Å². The highest BCUT2D eigenvalue weighted by Crippen LogP contribution is 2.32. The van der Waals surface area contributed by atoms with Crippen LogP contribution >= 0.6 is 11.8 Å². The molecule has 6 heteroatoms. The lowest BCUT2D eigenvalue weighted by molar-refractivity contribution is -0.130. The summed E-state index contributed by atoms with van der Waals surface area (Å²) in [5, 5.41) is -0.0865. The number of nitrogens with zero attached hydrogens (tertiary/aromatic N) is 1. The van der Waals surface area contributed by atoms with Crippen molar-refractivity contribution in [1.82, 2.24) is 4.90 Å². The average Bonchev–Trinajstić information content (AvgIpc) is 3.10. The minimum absolute atomic E-state index is 0.0186. The molecule has 0 spiro atoms. The van der Waals surface area contributed by atoms with E-state index in [1.165, 1.54) is 11.8 Å². The van der Waals surface area contributed by atoms with E-state index < -0.39 is 0 Å². The van der Waals surface area contributed by atoms with Gasteiger partial charge in [-0.15, -0.1) is 0 Å². The van der Waals surface area contributed by atoms with Crippen molar-refractivity contribution in [3.8, 4) is 11.5 Å². The van der Waals surface area contributed by atoms with Gasteiger partial charge in [0, 0.05) is 25.1 Å². The summed E-state index contributed by atoms with van der Waals surface area (Å²) in [6.07, 6.45) is 0.346. The van der Waals surface area contributed by atoms with Crippen LogP contribution in [0.1, 0.15) is 24.5 Å². The topological polar surface area (TPSA) is 55.8 Å². The molecule has 1 saturated heterocycles. The van der Waals surface area contributed by atoms with E-state index in [4.69, 9.17) is 9.47 Å². The third-order valence-electron chi connectivity index (χ3n) is 5.50. The number of carbonyl (C=O) groups is 2. The Kier molecular flexibility index (Phi) is 7.81. The lowest BCUT2D eigenvalue weighted by Gasteiger charge is -2.28. The van der Waals surface area contributed by atoms with Gasteiger partial charge in [0.25, 0.3) is 0 Å². The quantitative estimate of drug-likeness (QED) is 0.424. The van der Waals surface area contributed by atoms with E-state index in [9.17, 15) is 9.59 Å². The van der Waals surface area contributed by atoms with E-state index >= 15 is 0 Å². The van der Waals surface area contributed by atoms with Crippen LogP contribution in [0.5, 0.6) is 11.5 Å². The smallest absolute Gasteiger partial charge is 0.224 e. The van der Waals surface area contributed by atoms with Crippen molar-refractivity contribution in [3.63, 3.8) is 0 Å². The number of thioether (sulfide) groups is 1. The Morgan fingerprint density at radius 3 is 2.21 bits per heavy atom. The van der Waals surface area contributed by atoms with Gasteiger partial charge in [-0.05, 0) is 35.4 Å².